The molecule has 86 valence electrons. The normalized spacial score (nSPS) is 23.4. The van der Waals surface area contributed by atoms with Gasteiger partial charge in [0.2, 0.25) is 0 Å². The third kappa shape index (κ3) is 2.56. The average molecular weight is 329 g/mol. The first kappa shape index (κ1) is 11.9. The lowest BCUT2D eigenvalue weighted by molar-refractivity contribution is -0.0327. The molecule has 1 aliphatic rings. The average Bonchev–Trinajstić information content (AvgIpc) is 2.29. The molecule has 2 nitrogen and oxygen atoms in total. The summed E-state index contributed by atoms with van der Waals surface area (Å²) in [5.74, 6) is 0.404. The third-order valence-corrected chi connectivity index (χ3v) is 3.63. The van der Waals surface area contributed by atoms with Crippen LogP contribution in [0.2, 0.25) is 0 Å². The monoisotopic (exact) mass is 329 g/mol. The van der Waals surface area contributed by atoms with E-state index in [0.717, 1.165) is 16.6 Å². The highest BCUT2D eigenvalue weighted by molar-refractivity contribution is 14.1. The third-order valence-electron chi connectivity index (χ3n) is 2.85. The SMILES string of the molecule is CC1(C)CC(c2ccccc2)C(CI)=NO1. The Morgan fingerprint density at radius 3 is 2.69 bits per heavy atom. The van der Waals surface area contributed by atoms with Crippen molar-refractivity contribution in [3.05, 3.63) is 35.9 Å². The Kier molecular flexibility index (Phi) is 3.52. The van der Waals surface area contributed by atoms with Crippen LogP contribution in [0.5, 0.6) is 0 Å². The summed E-state index contributed by atoms with van der Waals surface area (Å²) in [4.78, 5) is 5.50. The van der Waals surface area contributed by atoms with Crippen LogP contribution in [0.15, 0.2) is 35.5 Å². The number of rotatable bonds is 2. The lowest BCUT2D eigenvalue weighted by atomic mass is 9.84. The summed E-state index contributed by atoms with van der Waals surface area (Å²) in [6.07, 6.45) is 0.999. The molecule has 3 heteroatoms. The Labute approximate surface area is 110 Å². The molecular formula is C13H16INO. The summed E-state index contributed by atoms with van der Waals surface area (Å²) in [7, 11) is 0. The maximum Gasteiger partial charge on any atom is 0.133 e. The van der Waals surface area contributed by atoms with Gasteiger partial charge in [-0.2, -0.15) is 0 Å². The molecule has 0 saturated carbocycles. The molecule has 0 bridgehead atoms. The van der Waals surface area contributed by atoms with Crippen LogP contribution in [0.25, 0.3) is 0 Å². The van der Waals surface area contributed by atoms with E-state index in [4.69, 9.17) is 4.84 Å². The molecule has 1 aliphatic heterocycles. The molecule has 0 amide bonds. The van der Waals surface area contributed by atoms with E-state index in [9.17, 15) is 0 Å². The largest absolute Gasteiger partial charge is 0.390 e. The second-order valence-electron chi connectivity index (χ2n) is 4.73. The standard InChI is InChI=1S/C13H16INO/c1-13(2)8-11(12(9-14)15-16-13)10-6-4-3-5-7-10/h3-7,11H,8-9H2,1-2H3. The van der Waals surface area contributed by atoms with Gasteiger partial charge in [-0.05, 0) is 19.4 Å². The molecule has 0 aromatic heterocycles. The Morgan fingerprint density at radius 1 is 1.38 bits per heavy atom. The van der Waals surface area contributed by atoms with Gasteiger partial charge in [-0.25, -0.2) is 0 Å². The molecule has 0 saturated heterocycles. The quantitative estimate of drug-likeness (QED) is 0.598. The number of nitrogens with zero attached hydrogens (tertiary/aromatic N) is 1. The number of oxime groups is 1. The number of benzene rings is 1. The lowest BCUT2D eigenvalue weighted by Crippen LogP contribution is -2.34. The van der Waals surface area contributed by atoms with Crippen molar-refractivity contribution in [2.75, 3.05) is 4.43 Å². The van der Waals surface area contributed by atoms with Crippen molar-refractivity contribution in [3.8, 4) is 0 Å². The summed E-state index contributed by atoms with van der Waals surface area (Å²) in [6.45, 7) is 4.19. The van der Waals surface area contributed by atoms with Crippen molar-refractivity contribution in [3.63, 3.8) is 0 Å². The zero-order valence-corrected chi connectivity index (χ0v) is 11.8. The van der Waals surface area contributed by atoms with E-state index in [1.807, 2.05) is 0 Å². The van der Waals surface area contributed by atoms with E-state index in [2.05, 4.69) is 71.9 Å². The predicted molar refractivity (Wildman–Crippen MR) is 75.3 cm³/mol. The Hall–Kier alpha value is -0.580. The molecule has 1 aromatic carbocycles. The number of hydrogen-bond acceptors (Lipinski definition) is 2. The molecule has 0 spiro atoms. The number of halogens is 1. The topological polar surface area (TPSA) is 21.6 Å². The Morgan fingerprint density at radius 2 is 2.06 bits per heavy atom. The maximum atomic E-state index is 5.50. The fourth-order valence-corrected chi connectivity index (χ4v) is 2.68. The lowest BCUT2D eigenvalue weighted by Gasteiger charge is -2.33. The molecule has 16 heavy (non-hydrogen) atoms. The van der Waals surface area contributed by atoms with Crippen LogP contribution in [0.3, 0.4) is 0 Å². The molecular weight excluding hydrogens is 313 g/mol. The highest BCUT2D eigenvalue weighted by atomic mass is 127. The zero-order chi connectivity index (χ0) is 11.6. The van der Waals surface area contributed by atoms with Crippen LogP contribution >= 0.6 is 22.6 Å². The minimum absolute atomic E-state index is 0.157. The highest BCUT2D eigenvalue weighted by Gasteiger charge is 2.33. The summed E-state index contributed by atoms with van der Waals surface area (Å²) in [6, 6.07) is 10.6. The summed E-state index contributed by atoms with van der Waals surface area (Å²) >= 11 is 2.35. The molecule has 1 heterocycles. The van der Waals surface area contributed by atoms with Gasteiger partial charge in [-0.1, -0.05) is 58.1 Å². The van der Waals surface area contributed by atoms with Crippen LogP contribution in [-0.4, -0.2) is 15.7 Å². The Bertz CT molecular complexity index is 386. The fraction of sp³-hybridized carbons (Fsp3) is 0.462. The van der Waals surface area contributed by atoms with Gasteiger partial charge in [0.25, 0.3) is 0 Å². The fourth-order valence-electron chi connectivity index (χ4n) is 2.01. The van der Waals surface area contributed by atoms with E-state index in [0.29, 0.717) is 5.92 Å². The van der Waals surface area contributed by atoms with Gasteiger partial charge in [-0.15, -0.1) is 0 Å². The molecule has 2 rings (SSSR count). The van der Waals surface area contributed by atoms with Crippen LogP contribution in [0.1, 0.15) is 31.7 Å². The van der Waals surface area contributed by atoms with Crippen LogP contribution in [-0.2, 0) is 4.84 Å². The second kappa shape index (κ2) is 4.73. The maximum absolute atomic E-state index is 5.50. The first-order valence-electron chi connectivity index (χ1n) is 5.48. The van der Waals surface area contributed by atoms with Crippen molar-refractivity contribution in [1.82, 2.24) is 0 Å². The minimum Gasteiger partial charge on any atom is -0.390 e. The van der Waals surface area contributed by atoms with E-state index < -0.39 is 0 Å². The minimum atomic E-state index is -0.157. The van der Waals surface area contributed by atoms with Crippen LogP contribution < -0.4 is 0 Å². The first-order valence-corrected chi connectivity index (χ1v) is 7.01. The first-order chi connectivity index (χ1) is 7.62. The molecule has 1 atom stereocenters. The van der Waals surface area contributed by atoms with E-state index in [1.54, 1.807) is 0 Å². The van der Waals surface area contributed by atoms with Gasteiger partial charge in [0.1, 0.15) is 5.60 Å². The smallest absolute Gasteiger partial charge is 0.133 e. The van der Waals surface area contributed by atoms with Crippen molar-refractivity contribution in [2.24, 2.45) is 5.16 Å². The van der Waals surface area contributed by atoms with Crippen molar-refractivity contribution < 1.29 is 4.84 Å². The zero-order valence-electron chi connectivity index (χ0n) is 9.61. The van der Waals surface area contributed by atoms with Gasteiger partial charge in [0.15, 0.2) is 0 Å². The van der Waals surface area contributed by atoms with E-state index in [-0.39, 0.29) is 5.60 Å². The summed E-state index contributed by atoms with van der Waals surface area (Å²) < 4.78 is 0.924. The van der Waals surface area contributed by atoms with Gasteiger partial charge in [0.05, 0.1) is 5.71 Å². The van der Waals surface area contributed by atoms with Gasteiger partial charge >= 0.3 is 0 Å². The number of alkyl halides is 1. The van der Waals surface area contributed by atoms with Gasteiger partial charge in [0, 0.05) is 16.8 Å². The Balaban J connectivity index is 2.31. The van der Waals surface area contributed by atoms with Gasteiger partial charge in [-0.3, -0.25) is 0 Å². The highest BCUT2D eigenvalue weighted by Crippen LogP contribution is 2.34. The molecule has 0 radical (unpaired) electrons. The van der Waals surface area contributed by atoms with Crippen LogP contribution in [0, 0.1) is 0 Å². The summed E-state index contributed by atoms with van der Waals surface area (Å²) in [5, 5.41) is 4.27. The molecule has 0 fully saturated rings. The van der Waals surface area contributed by atoms with Crippen molar-refractivity contribution in [1.29, 1.82) is 0 Å². The second-order valence-corrected chi connectivity index (χ2v) is 5.50. The van der Waals surface area contributed by atoms with Gasteiger partial charge < -0.3 is 4.84 Å². The molecule has 1 unspecified atom stereocenters. The molecule has 0 aliphatic carbocycles. The van der Waals surface area contributed by atoms with Crippen LogP contribution in [0.4, 0.5) is 0 Å². The predicted octanol–water partition coefficient (Wildman–Crippen LogP) is 3.76. The van der Waals surface area contributed by atoms with E-state index in [1.165, 1.54) is 5.56 Å². The van der Waals surface area contributed by atoms with Crippen molar-refractivity contribution >= 4 is 28.3 Å². The molecule has 1 aromatic rings. The van der Waals surface area contributed by atoms with E-state index >= 15 is 0 Å². The summed E-state index contributed by atoms with van der Waals surface area (Å²) in [5.41, 5.74) is 2.33. The van der Waals surface area contributed by atoms with Crippen molar-refractivity contribution in [2.45, 2.75) is 31.8 Å². The molecule has 0 N–H and O–H groups in total. The number of hydrogen-bond donors (Lipinski definition) is 0.